The molecule has 1 N–H and O–H groups in total. The highest BCUT2D eigenvalue weighted by Crippen LogP contribution is 2.51. The number of alkyl halides is 3. The minimum atomic E-state index is -5.65. The SMILES string of the molecule is CCC(=O)NS(=O)(CC)(c1cn(-c2cccnc2)nc1Cl)C(F)(F)C(C)F. The van der Waals surface area contributed by atoms with Gasteiger partial charge in [0.2, 0.25) is 5.91 Å². The van der Waals surface area contributed by atoms with Crippen LogP contribution in [-0.2, 0) is 14.0 Å². The lowest BCUT2D eigenvalue weighted by atomic mass is 10.4. The van der Waals surface area contributed by atoms with Gasteiger partial charge in [0.05, 0.1) is 26.0 Å². The number of carbonyl (C=O) groups excluding carboxylic acids is 1. The molecular weight excluding hydrogens is 405 g/mol. The Morgan fingerprint density at radius 3 is 2.59 bits per heavy atom. The number of aromatic nitrogens is 3. The molecule has 2 rings (SSSR count). The van der Waals surface area contributed by atoms with E-state index >= 15 is 8.78 Å². The minimum Gasteiger partial charge on any atom is -0.287 e. The van der Waals surface area contributed by atoms with E-state index < -0.39 is 42.4 Å². The molecule has 0 radical (unpaired) electrons. The number of rotatable bonds is 7. The summed E-state index contributed by atoms with van der Waals surface area (Å²) in [5, 5.41) is -1.02. The van der Waals surface area contributed by atoms with Crippen LogP contribution in [0.4, 0.5) is 13.2 Å². The standard InChI is InChI=1S/C16H20ClF3N4O2S/c1-4-14(25)23-27(26,5-2,16(19,20)11(3)18)13-10-24(22-15(13)17)12-7-6-8-21-9-12/h6-11H,4-5H2,1-3H3,(H,23,25,26). The van der Waals surface area contributed by atoms with Gasteiger partial charge >= 0.3 is 5.25 Å². The molecule has 150 valence electrons. The molecule has 0 aliphatic carbocycles. The van der Waals surface area contributed by atoms with Gasteiger partial charge in [-0.2, -0.15) is 13.9 Å². The first-order valence-corrected chi connectivity index (χ1v) is 10.7. The van der Waals surface area contributed by atoms with Gasteiger partial charge in [-0.1, -0.05) is 25.4 Å². The number of halogens is 4. The first kappa shape index (κ1) is 21.4. The highest BCUT2D eigenvalue weighted by molar-refractivity contribution is 8.19. The van der Waals surface area contributed by atoms with Crippen LogP contribution in [0, 0.1) is 0 Å². The fourth-order valence-corrected chi connectivity index (χ4v) is 6.63. The number of hydrogen-bond donors (Lipinski definition) is 1. The van der Waals surface area contributed by atoms with Crippen molar-refractivity contribution in [3.8, 4) is 5.69 Å². The number of hydrogen-bond acceptors (Lipinski definition) is 4. The molecule has 11 heteroatoms. The topological polar surface area (TPSA) is 76.9 Å². The summed E-state index contributed by atoms with van der Waals surface area (Å²) >= 11 is 6.05. The zero-order chi connectivity index (χ0) is 20.5. The molecule has 0 aliphatic rings. The summed E-state index contributed by atoms with van der Waals surface area (Å²) < 4.78 is 61.1. The molecule has 6 nitrogen and oxygen atoms in total. The van der Waals surface area contributed by atoms with E-state index in [1.54, 1.807) is 12.1 Å². The second kappa shape index (κ2) is 7.23. The summed E-state index contributed by atoms with van der Waals surface area (Å²) in [6.07, 6.45) is 0.862. The van der Waals surface area contributed by atoms with Gasteiger partial charge in [-0.15, -0.1) is 0 Å². The van der Waals surface area contributed by atoms with Crippen LogP contribution < -0.4 is 4.72 Å². The minimum absolute atomic E-state index is 0.223. The van der Waals surface area contributed by atoms with Crippen molar-refractivity contribution in [2.24, 2.45) is 0 Å². The Bertz CT molecular complexity index is 904. The van der Waals surface area contributed by atoms with E-state index in [9.17, 15) is 13.4 Å². The van der Waals surface area contributed by atoms with E-state index in [0.29, 0.717) is 12.6 Å². The summed E-state index contributed by atoms with van der Waals surface area (Å²) in [7, 11) is -5.65. The monoisotopic (exact) mass is 424 g/mol. The van der Waals surface area contributed by atoms with Crippen LogP contribution in [0.25, 0.3) is 5.69 Å². The van der Waals surface area contributed by atoms with Crippen molar-refractivity contribution in [3.63, 3.8) is 0 Å². The molecule has 1 unspecified atom stereocenters. The first-order chi connectivity index (χ1) is 12.5. The van der Waals surface area contributed by atoms with Crippen molar-refractivity contribution in [2.75, 3.05) is 5.75 Å². The molecule has 2 heterocycles. The average molecular weight is 425 g/mol. The van der Waals surface area contributed by atoms with E-state index in [1.165, 1.54) is 26.2 Å². The van der Waals surface area contributed by atoms with E-state index in [-0.39, 0.29) is 6.42 Å². The Kier molecular flexibility index (Phi) is 5.72. The zero-order valence-corrected chi connectivity index (χ0v) is 16.5. The molecule has 2 aromatic heterocycles. The quantitative estimate of drug-likeness (QED) is 0.737. The fourth-order valence-electron chi connectivity index (χ4n) is 2.59. The smallest absolute Gasteiger partial charge is 0.287 e. The van der Waals surface area contributed by atoms with E-state index in [1.807, 2.05) is 4.72 Å². The summed E-state index contributed by atoms with van der Waals surface area (Å²) in [4.78, 5) is 15.3. The van der Waals surface area contributed by atoms with Gasteiger partial charge in [0.1, 0.15) is 0 Å². The van der Waals surface area contributed by atoms with Gasteiger partial charge in [-0.25, -0.2) is 9.07 Å². The maximum Gasteiger partial charge on any atom is 0.350 e. The predicted molar refractivity (Wildman–Crippen MR) is 97.3 cm³/mol. The third-order valence-electron chi connectivity index (χ3n) is 4.25. The second-order valence-electron chi connectivity index (χ2n) is 5.89. The molecule has 2 aromatic rings. The predicted octanol–water partition coefficient (Wildman–Crippen LogP) is 3.51. The molecule has 0 bridgehead atoms. The van der Waals surface area contributed by atoms with Gasteiger partial charge in [0.15, 0.2) is 11.3 Å². The molecule has 27 heavy (non-hydrogen) atoms. The van der Waals surface area contributed by atoms with Gasteiger partial charge < -0.3 is 0 Å². The lowest BCUT2D eigenvalue weighted by Crippen LogP contribution is -2.66. The van der Waals surface area contributed by atoms with Gasteiger partial charge in [-0.3, -0.25) is 18.7 Å². The van der Waals surface area contributed by atoms with Crippen molar-refractivity contribution < 1.29 is 22.2 Å². The summed E-state index contributed by atoms with van der Waals surface area (Å²) in [5.74, 6) is -1.68. The summed E-state index contributed by atoms with van der Waals surface area (Å²) in [6.45, 7) is 3.17. The highest BCUT2D eigenvalue weighted by Gasteiger charge is 2.65. The molecule has 0 fully saturated rings. The zero-order valence-electron chi connectivity index (χ0n) is 15.0. The van der Waals surface area contributed by atoms with E-state index in [2.05, 4.69) is 10.1 Å². The van der Waals surface area contributed by atoms with E-state index in [0.717, 1.165) is 10.9 Å². The van der Waals surface area contributed by atoms with Crippen LogP contribution in [0.1, 0.15) is 27.2 Å². The van der Waals surface area contributed by atoms with Crippen LogP contribution in [-0.4, -0.2) is 42.1 Å². The Morgan fingerprint density at radius 1 is 1.44 bits per heavy atom. The van der Waals surface area contributed by atoms with Crippen molar-refractivity contribution in [2.45, 2.75) is 43.5 Å². The maximum atomic E-state index is 15.1. The lowest BCUT2D eigenvalue weighted by Gasteiger charge is -2.47. The maximum absolute atomic E-state index is 15.1. The normalized spacial score (nSPS) is 15.0. The number of nitrogens with zero attached hydrogens (tertiary/aromatic N) is 3. The fraction of sp³-hybridized carbons (Fsp3) is 0.438. The van der Waals surface area contributed by atoms with Gasteiger partial charge in [0, 0.05) is 24.6 Å². The van der Waals surface area contributed by atoms with Crippen LogP contribution in [0.3, 0.4) is 0 Å². The summed E-state index contributed by atoms with van der Waals surface area (Å²) in [5.41, 5.74) is 0.362. The van der Waals surface area contributed by atoms with Crippen molar-refractivity contribution in [1.29, 1.82) is 0 Å². The highest BCUT2D eigenvalue weighted by atomic mass is 35.5. The molecule has 1 atom stereocenters. The van der Waals surface area contributed by atoms with E-state index in [4.69, 9.17) is 11.6 Å². The van der Waals surface area contributed by atoms with Crippen LogP contribution in [0.15, 0.2) is 35.6 Å². The summed E-state index contributed by atoms with van der Waals surface area (Å²) in [6, 6.07) is 3.15. The molecule has 0 spiro atoms. The van der Waals surface area contributed by atoms with Crippen LogP contribution in [0.5, 0.6) is 0 Å². The Hall–Kier alpha value is -1.94. The average Bonchev–Trinajstić information content (AvgIpc) is 3.04. The molecular formula is C16H20ClF3N4O2S. The number of amides is 1. The largest absolute Gasteiger partial charge is 0.350 e. The Labute approximate surface area is 159 Å². The van der Waals surface area contributed by atoms with Crippen molar-refractivity contribution in [1.82, 2.24) is 19.5 Å². The Balaban J connectivity index is 2.81. The third-order valence-corrected chi connectivity index (χ3v) is 9.11. The molecule has 0 saturated heterocycles. The lowest BCUT2D eigenvalue weighted by molar-refractivity contribution is -0.119. The molecule has 0 aromatic carbocycles. The molecule has 0 saturated carbocycles. The molecule has 0 aliphatic heterocycles. The third kappa shape index (κ3) is 3.25. The second-order valence-corrected chi connectivity index (χ2v) is 10.2. The van der Waals surface area contributed by atoms with Crippen molar-refractivity contribution in [3.05, 3.63) is 35.9 Å². The number of nitrogens with one attached hydrogen (secondary N) is 1. The molecule has 1 amide bonds. The Morgan fingerprint density at radius 2 is 2.11 bits per heavy atom. The number of pyridine rings is 1. The first-order valence-electron chi connectivity index (χ1n) is 8.15. The van der Waals surface area contributed by atoms with Gasteiger partial charge in [-0.05, 0) is 19.1 Å². The van der Waals surface area contributed by atoms with Crippen LogP contribution >= 0.6 is 11.6 Å². The van der Waals surface area contributed by atoms with Gasteiger partial charge in [0.25, 0.3) is 0 Å². The van der Waals surface area contributed by atoms with Crippen LogP contribution in [0.2, 0.25) is 5.15 Å². The number of carbonyl (C=O) groups is 1. The van der Waals surface area contributed by atoms with Crippen molar-refractivity contribution >= 4 is 26.8 Å².